The number of ether oxygens (including phenoxy) is 1. The number of nitriles is 1. The largest absolute Gasteiger partial charge is 0.378 e. The first kappa shape index (κ1) is 17.9. The Morgan fingerprint density at radius 3 is 2.69 bits per heavy atom. The van der Waals surface area contributed by atoms with Crippen LogP contribution in [0.15, 0.2) is 48.3 Å². The Balaban J connectivity index is 1.85. The van der Waals surface area contributed by atoms with Crippen molar-refractivity contribution in [2.75, 3.05) is 36.5 Å². The van der Waals surface area contributed by atoms with Gasteiger partial charge in [-0.05, 0) is 42.0 Å². The van der Waals surface area contributed by atoms with E-state index in [9.17, 15) is 10.1 Å². The van der Waals surface area contributed by atoms with Gasteiger partial charge in [0.25, 0.3) is 5.91 Å². The number of pyridine rings is 1. The molecular formula is C19H17ClN4O2. The molecule has 0 atom stereocenters. The molecule has 3 rings (SSSR count). The zero-order chi connectivity index (χ0) is 18.4. The molecule has 0 aliphatic carbocycles. The van der Waals surface area contributed by atoms with Gasteiger partial charge in [-0.1, -0.05) is 11.6 Å². The summed E-state index contributed by atoms with van der Waals surface area (Å²) < 4.78 is 5.38. The molecule has 1 fully saturated rings. The van der Waals surface area contributed by atoms with Crippen LogP contribution in [0.1, 0.15) is 5.56 Å². The lowest BCUT2D eigenvalue weighted by Gasteiger charge is -2.30. The number of carbonyl (C=O) groups excluding carboxylic acids is 1. The van der Waals surface area contributed by atoms with Gasteiger partial charge >= 0.3 is 0 Å². The van der Waals surface area contributed by atoms with E-state index in [-0.39, 0.29) is 5.57 Å². The fourth-order valence-corrected chi connectivity index (χ4v) is 2.83. The molecule has 0 unspecified atom stereocenters. The first-order chi connectivity index (χ1) is 12.7. The van der Waals surface area contributed by atoms with E-state index >= 15 is 0 Å². The van der Waals surface area contributed by atoms with E-state index in [0.717, 1.165) is 24.3 Å². The average Bonchev–Trinajstić information content (AvgIpc) is 2.67. The maximum Gasteiger partial charge on any atom is 0.266 e. The van der Waals surface area contributed by atoms with E-state index in [0.29, 0.717) is 23.9 Å². The highest BCUT2D eigenvalue weighted by atomic mass is 35.5. The molecule has 132 valence electrons. The minimum atomic E-state index is -0.485. The van der Waals surface area contributed by atoms with Crippen LogP contribution in [0.25, 0.3) is 6.08 Å². The molecule has 26 heavy (non-hydrogen) atoms. The standard InChI is InChI=1S/C19H17ClN4O2/c20-16-1-2-18(24-7-9-26-10-8-24)17(12-16)23-19(25)15(13-21)11-14-3-5-22-6-4-14/h1-6,11-12H,7-10H2,(H,23,25)/b15-11+. The van der Waals surface area contributed by atoms with Crippen LogP contribution in [0.4, 0.5) is 11.4 Å². The second-order valence-corrected chi connectivity index (χ2v) is 6.10. The lowest BCUT2D eigenvalue weighted by Crippen LogP contribution is -2.36. The number of aromatic nitrogens is 1. The van der Waals surface area contributed by atoms with Gasteiger partial charge in [0.05, 0.1) is 24.6 Å². The molecule has 0 radical (unpaired) electrons. The van der Waals surface area contributed by atoms with E-state index in [1.807, 2.05) is 12.1 Å². The predicted octanol–water partition coefficient (Wildman–Crippen LogP) is 3.12. The van der Waals surface area contributed by atoms with Crippen LogP contribution in [0.2, 0.25) is 5.02 Å². The fraction of sp³-hybridized carbons (Fsp3) is 0.211. The summed E-state index contributed by atoms with van der Waals surface area (Å²) in [6, 6.07) is 10.7. The molecule has 2 aromatic rings. The van der Waals surface area contributed by atoms with Crippen molar-refractivity contribution in [2.45, 2.75) is 0 Å². The smallest absolute Gasteiger partial charge is 0.266 e. The van der Waals surface area contributed by atoms with E-state index in [4.69, 9.17) is 16.3 Å². The first-order valence-corrected chi connectivity index (χ1v) is 8.50. The van der Waals surface area contributed by atoms with Gasteiger partial charge in [0.15, 0.2) is 0 Å². The molecule has 1 aliphatic heterocycles. The van der Waals surface area contributed by atoms with Crippen molar-refractivity contribution < 1.29 is 9.53 Å². The van der Waals surface area contributed by atoms with Crippen LogP contribution in [-0.4, -0.2) is 37.2 Å². The third-order valence-corrected chi connectivity index (χ3v) is 4.18. The zero-order valence-electron chi connectivity index (χ0n) is 14.0. The van der Waals surface area contributed by atoms with Gasteiger partial charge in [0, 0.05) is 30.5 Å². The maximum atomic E-state index is 12.6. The SMILES string of the molecule is N#C/C(=C\c1ccncc1)C(=O)Nc1cc(Cl)ccc1N1CCOCC1. The van der Waals surface area contributed by atoms with Crippen LogP contribution in [0.5, 0.6) is 0 Å². The Hall–Kier alpha value is -2.88. The van der Waals surface area contributed by atoms with Crippen molar-refractivity contribution in [3.63, 3.8) is 0 Å². The minimum absolute atomic E-state index is 0.00380. The first-order valence-electron chi connectivity index (χ1n) is 8.13. The van der Waals surface area contributed by atoms with Crippen LogP contribution in [0, 0.1) is 11.3 Å². The highest BCUT2D eigenvalue weighted by molar-refractivity contribution is 6.31. The summed E-state index contributed by atoms with van der Waals surface area (Å²) >= 11 is 6.10. The maximum absolute atomic E-state index is 12.6. The Morgan fingerprint density at radius 2 is 2.00 bits per heavy atom. The molecular weight excluding hydrogens is 352 g/mol. The number of carbonyl (C=O) groups is 1. The number of nitrogens with zero attached hydrogens (tertiary/aromatic N) is 3. The number of anilines is 2. The van der Waals surface area contributed by atoms with Crippen molar-refractivity contribution >= 4 is 35.0 Å². The molecule has 0 spiro atoms. The molecule has 1 aromatic heterocycles. The van der Waals surface area contributed by atoms with Gasteiger partial charge in [0.1, 0.15) is 11.6 Å². The molecule has 1 N–H and O–H groups in total. The average molecular weight is 369 g/mol. The minimum Gasteiger partial charge on any atom is -0.378 e. The summed E-state index contributed by atoms with van der Waals surface area (Å²) in [4.78, 5) is 18.6. The van der Waals surface area contributed by atoms with Crippen molar-refractivity contribution in [1.82, 2.24) is 4.98 Å². The normalized spacial score (nSPS) is 14.6. The third-order valence-electron chi connectivity index (χ3n) is 3.94. The number of morpholine rings is 1. The Morgan fingerprint density at radius 1 is 1.27 bits per heavy atom. The second kappa shape index (κ2) is 8.48. The zero-order valence-corrected chi connectivity index (χ0v) is 14.7. The molecule has 7 heteroatoms. The molecule has 1 amide bonds. The second-order valence-electron chi connectivity index (χ2n) is 5.67. The van der Waals surface area contributed by atoms with E-state index in [1.54, 1.807) is 36.7 Å². The van der Waals surface area contributed by atoms with Gasteiger partial charge in [-0.2, -0.15) is 5.26 Å². The quantitative estimate of drug-likeness (QED) is 0.662. The Labute approximate surface area is 156 Å². The van der Waals surface area contributed by atoms with Crippen molar-refractivity contribution in [1.29, 1.82) is 5.26 Å². The van der Waals surface area contributed by atoms with Crippen LogP contribution >= 0.6 is 11.6 Å². The number of amides is 1. The fourth-order valence-electron chi connectivity index (χ4n) is 2.65. The summed E-state index contributed by atoms with van der Waals surface area (Å²) in [5, 5.41) is 12.7. The third kappa shape index (κ3) is 4.39. The predicted molar refractivity (Wildman–Crippen MR) is 101 cm³/mol. The molecule has 0 bridgehead atoms. The molecule has 2 heterocycles. The monoisotopic (exact) mass is 368 g/mol. The summed E-state index contributed by atoms with van der Waals surface area (Å²) in [7, 11) is 0. The molecule has 1 aliphatic rings. The van der Waals surface area contributed by atoms with E-state index in [1.165, 1.54) is 6.08 Å². The van der Waals surface area contributed by atoms with Crippen LogP contribution < -0.4 is 10.2 Å². The highest BCUT2D eigenvalue weighted by Gasteiger charge is 2.18. The summed E-state index contributed by atoms with van der Waals surface area (Å²) in [5.74, 6) is -0.485. The van der Waals surface area contributed by atoms with Gasteiger partial charge in [-0.15, -0.1) is 0 Å². The lowest BCUT2D eigenvalue weighted by molar-refractivity contribution is -0.112. The molecule has 6 nitrogen and oxygen atoms in total. The number of rotatable bonds is 4. The Bertz CT molecular complexity index is 856. The van der Waals surface area contributed by atoms with E-state index < -0.39 is 5.91 Å². The van der Waals surface area contributed by atoms with Crippen LogP contribution in [-0.2, 0) is 9.53 Å². The van der Waals surface area contributed by atoms with Crippen molar-refractivity contribution in [3.05, 3.63) is 58.9 Å². The van der Waals surface area contributed by atoms with Gasteiger partial charge in [-0.3, -0.25) is 9.78 Å². The number of hydrogen-bond donors (Lipinski definition) is 1. The summed E-state index contributed by atoms with van der Waals surface area (Å²) in [6.45, 7) is 2.70. The molecule has 0 saturated carbocycles. The van der Waals surface area contributed by atoms with Crippen molar-refractivity contribution in [2.24, 2.45) is 0 Å². The number of hydrogen-bond acceptors (Lipinski definition) is 5. The van der Waals surface area contributed by atoms with Crippen molar-refractivity contribution in [3.8, 4) is 6.07 Å². The Kier molecular flexibility index (Phi) is 5.84. The molecule has 1 aromatic carbocycles. The van der Waals surface area contributed by atoms with Gasteiger partial charge in [0.2, 0.25) is 0 Å². The van der Waals surface area contributed by atoms with E-state index in [2.05, 4.69) is 15.2 Å². The van der Waals surface area contributed by atoms with Gasteiger partial charge in [-0.25, -0.2) is 0 Å². The summed E-state index contributed by atoms with van der Waals surface area (Å²) in [6.07, 6.45) is 4.73. The topological polar surface area (TPSA) is 78.2 Å². The molecule has 1 saturated heterocycles. The lowest BCUT2D eigenvalue weighted by atomic mass is 10.1. The number of benzene rings is 1. The number of nitrogens with one attached hydrogen (secondary N) is 1. The highest BCUT2D eigenvalue weighted by Crippen LogP contribution is 2.30. The summed E-state index contributed by atoms with van der Waals surface area (Å²) in [5.41, 5.74) is 2.16. The number of halogens is 1. The van der Waals surface area contributed by atoms with Gasteiger partial charge < -0.3 is 15.0 Å². The van der Waals surface area contributed by atoms with Crippen LogP contribution in [0.3, 0.4) is 0 Å².